The molecule has 1 aliphatic carbocycles. The summed E-state index contributed by atoms with van der Waals surface area (Å²) in [6.07, 6.45) is 6.52. The molecule has 0 spiro atoms. The predicted molar refractivity (Wildman–Crippen MR) is 84.2 cm³/mol. The van der Waals surface area contributed by atoms with Gasteiger partial charge in [-0.3, -0.25) is 0 Å². The van der Waals surface area contributed by atoms with Gasteiger partial charge in [0.15, 0.2) is 0 Å². The average molecular weight is 311 g/mol. The zero-order valence-electron chi connectivity index (χ0n) is 13.4. The number of carboxylic acids is 1. The van der Waals surface area contributed by atoms with E-state index in [2.05, 4.69) is 0 Å². The predicted octanol–water partition coefficient (Wildman–Crippen LogP) is 4.33. The van der Waals surface area contributed by atoms with Crippen LogP contribution < -0.4 is 0 Å². The zero-order valence-corrected chi connectivity index (χ0v) is 14.2. The van der Waals surface area contributed by atoms with Crippen molar-refractivity contribution in [2.75, 3.05) is 7.11 Å². The summed E-state index contributed by atoms with van der Waals surface area (Å²) < 4.78 is 5.86. The number of hydrogen-bond donors (Lipinski definition) is 1. The van der Waals surface area contributed by atoms with E-state index in [0.29, 0.717) is 10.6 Å². The van der Waals surface area contributed by atoms with Gasteiger partial charge in [-0.15, -0.1) is 11.3 Å². The second-order valence-corrected chi connectivity index (χ2v) is 7.86. The van der Waals surface area contributed by atoms with Crippen molar-refractivity contribution in [1.29, 1.82) is 0 Å². The quantitative estimate of drug-likeness (QED) is 0.844. The van der Waals surface area contributed by atoms with Gasteiger partial charge in [0, 0.05) is 12.5 Å². The maximum atomic E-state index is 11.6. The number of ether oxygens (including phenoxy) is 1. The molecule has 1 aromatic heterocycles. The van der Waals surface area contributed by atoms with Gasteiger partial charge in [-0.1, -0.05) is 46.5 Å². The number of methoxy groups -OCH3 is 1. The lowest BCUT2D eigenvalue weighted by Gasteiger charge is -2.29. The molecule has 2 rings (SSSR count). The van der Waals surface area contributed by atoms with Crippen LogP contribution in [0.5, 0.6) is 0 Å². The third-order valence-electron chi connectivity index (χ3n) is 4.22. The smallest absolute Gasteiger partial charge is 0.347 e. The van der Waals surface area contributed by atoms with Crippen LogP contribution in [0.3, 0.4) is 0 Å². The van der Waals surface area contributed by atoms with Crippen LogP contribution in [0.25, 0.3) is 0 Å². The van der Waals surface area contributed by atoms with Crippen LogP contribution in [0.4, 0.5) is 0 Å². The van der Waals surface area contributed by atoms with Gasteiger partial charge in [0.05, 0.1) is 5.69 Å². The number of aromatic nitrogens is 1. The van der Waals surface area contributed by atoms with E-state index in [9.17, 15) is 9.90 Å². The number of carboxylic acid groups (broad SMARTS) is 1. The molecule has 0 aliphatic heterocycles. The fourth-order valence-electron chi connectivity index (χ4n) is 2.97. The molecule has 1 aliphatic rings. The molecule has 0 atom stereocenters. The van der Waals surface area contributed by atoms with Crippen molar-refractivity contribution < 1.29 is 14.6 Å². The highest BCUT2D eigenvalue weighted by Gasteiger charge is 2.39. The fraction of sp³-hybridized carbons (Fsp3) is 0.750. The van der Waals surface area contributed by atoms with E-state index in [4.69, 9.17) is 9.72 Å². The lowest BCUT2D eigenvalue weighted by atomic mass is 9.90. The number of nitrogens with zero attached hydrogens (tertiary/aromatic N) is 1. The van der Waals surface area contributed by atoms with Crippen molar-refractivity contribution in [3.8, 4) is 0 Å². The topological polar surface area (TPSA) is 59.4 Å². The van der Waals surface area contributed by atoms with Crippen LogP contribution in [-0.2, 0) is 15.8 Å². The molecule has 5 heteroatoms. The zero-order chi connectivity index (χ0) is 15.7. The summed E-state index contributed by atoms with van der Waals surface area (Å²) in [6.45, 7) is 6.01. The van der Waals surface area contributed by atoms with Gasteiger partial charge in [0.2, 0.25) is 0 Å². The Morgan fingerprint density at radius 1 is 1.24 bits per heavy atom. The molecule has 0 aromatic carbocycles. The molecule has 1 saturated carbocycles. The Bertz CT molecular complexity index is 508. The first-order chi connectivity index (χ1) is 9.80. The number of carbonyl (C=O) groups is 1. The van der Waals surface area contributed by atoms with Gasteiger partial charge < -0.3 is 9.84 Å². The molecule has 0 unspecified atom stereocenters. The van der Waals surface area contributed by atoms with Crippen molar-refractivity contribution >= 4 is 17.3 Å². The first-order valence-corrected chi connectivity index (χ1v) is 8.42. The van der Waals surface area contributed by atoms with Gasteiger partial charge >= 0.3 is 5.97 Å². The number of rotatable bonds is 3. The minimum absolute atomic E-state index is 0.276. The van der Waals surface area contributed by atoms with Crippen molar-refractivity contribution in [3.63, 3.8) is 0 Å². The Kier molecular flexibility index (Phi) is 4.73. The first-order valence-electron chi connectivity index (χ1n) is 7.60. The summed E-state index contributed by atoms with van der Waals surface area (Å²) in [6, 6.07) is 0. The Labute approximate surface area is 130 Å². The van der Waals surface area contributed by atoms with Gasteiger partial charge in [-0.25, -0.2) is 9.78 Å². The van der Waals surface area contributed by atoms with Crippen molar-refractivity contribution in [3.05, 3.63) is 15.6 Å². The molecule has 1 aromatic rings. The van der Waals surface area contributed by atoms with Gasteiger partial charge in [-0.2, -0.15) is 0 Å². The minimum atomic E-state index is -0.886. The summed E-state index contributed by atoms with van der Waals surface area (Å²) in [7, 11) is 1.73. The Morgan fingerprint density at radius 2 is 1.81 bits per heavy atom. The number of aromatic carboxylic acids is 1. The summed E-state index contributed by atoms with van der Waals surface area (Å²) >= 11 is 1.30. The highest BCUT2D eigenvalue weighted by atomic mass is 32.1. The highest BCUT2D eigenvalue weighted by Crippen LogP contribution is 2.43. The second kappa shape index (κ2) is 6.05. The molecule has 0 amide bonds. The van der Waals surface area contributed by atoms with E-state index in [1.165, 1.54) is 24.2 Å². The van der Waals surface area contributed by atoms with Crippen LogP contribution in [0.1, 0.15) is 79.7 Å². The van der Waals surface area contributed by atoms with Crippen LogP contribution in [0.2, 0.25) is 0 Å². The lowest BCUT2D eigenvalue weighted by Crippen LogP contribution is -2.28. The summed E-state index contributed by atoms with van der Waals surface area (Å²) in [5, 5.41) is 10.3. The normalized spacial score (nSPS) is 19.2. The SMILES string of the molecule is COC1(c2nc(C(C)(C)C)c(C(=O)O)s2)CCCCCC1. The Balaban J connectivity index is 2.49. The number of thiazole rings is 1. The lowest BCUT2D eigenvalue weighted by molar-refractivity contribution is -0.0281. The van der Waals surface area contributed by atoms with Crippen molar-refractivity contribution in [2.24, 2.45) is 0 Å². The van der Waals surface area contributed by atoms with Crippen LogP contribution >= 0.6 is 11.3 Å². The Morgan fingerprint density at radius 3 is 2.19 bits per heavy atom. The summed E-state index contributed by atoms with van der Waals surface area (Å²) in [4.78, 5) is 16.6. The van der Waals surface area contributed by atoms with Gasteiger partial charge in [0.1, 0.15) is 15.5 Å². The standard InChI is InChI=1S/C16H25NO3S/c1-15(2,3)12-11(13(18)19)21-14(17-12)16(20-4)9-7-5-6-8-10-16/h5-10H2,1-4H3,(H,18,19). The molecular weight excluding hydrogens is 286 g/mol. The first kappa shape index (κ1) is 16.4. The van der Waals surface area contributed by atoms with E-state index in [1.807, 2.05) is 20.8 Å². The highest BCUT2D eigenvalue weighted by molar-refractivity contribution is 7.13. The second-order valence-electron chi connectivity index (χ2n) is 6.86. The molecule has 4 nitrogen and oxygen atoms in total. The van der Waals surface area contributed by atoms with Crippen LogP contribution in [-0.4, -0.2) is 23.2 Å². The third-order valence-corrected chi connectivity index (χ3v) is 5.45. The molecule has 1 fully saturated rings. The van der Waals surface area contributed by atoms with E-state index in [0.717, 1.165) is 30.7 Å². The molecular formula is C16H25NO3S. The fourth-order valence-corrected chi connectivity index (χ4v) is 4.31. The maximum absolute atomic E-state index is 11.6. The molecule has 1 N–H and O–H groups in total. The third kappa shape index (κ3) is 3.29. The molecule has 118 valence electrons. The minimum Gasteiger partial charge on any atom is -0.477 e. The van der Waals surface area contributed by atoms with Gasteiger partial charge in [0.25, 0.3) is 0 Å². The maximum Gasteiger partial charge on any atom is 0.347 e. The number of hydrogen-bond acceptors (Lipinski definition) is 4. The molecule has 1 heterocycles. The van der Waals surface area contributed by atoms with Gasteiger partial charge in [-0.05, 0) is 12.8 Å². The van der Waals surface area contributed by atoms with Crippen LogP contribution in [0, 0.1) is 0 Å². The average Bonchev–Trinajstić information content (AvgIpc) is 2.73. The van der Waals surface area contributed by atoms with E-state index >= 15 is 0 Å². The van der Waals surface area contributed by atoms with E-state index in [-0.39, 0.29) is 5.41 Å². The molecule has 21 heavy (non-hydrogen) atoms. The van der Waals surface area contributed by atoms with E-state index in [1.54, 1.807) is 7.11 Å². The largest absolute Gasteiger partial charge is 0.477 e. The summed E-state index contributed by atoms with van der Waals surface area (Å²) in [5.41, 5.74) is 0.00691. The van der Waals surface area contributed by atoms with Crippen molar-refractivity contribution in [1.82, 2.24) is 4.98 Å². The van der Waals surface area contributed by atoms with Crippen molar-refractivity contribution in [2.45, 2.75) is 70.3 Å². The molecule has 0 radical (unpaired) electrons. The summed E-state index contributed by atoms with van der Waals surface area (Å²) in [5.74, 6) is -0.886. The molecule has 0 bridgehead atoms. The van der Waals surface area contributed by atoms with E-state index < -0.39 is 11.6 Å². The molecule has 0 saturated heterocycles. The van der Waals surface area contributed by atoms with Crippen LogP contribution in [0.15, 0.2) is 0 Å². The Hall–Kier alpha value is -0.940. The monoisotopic (exact) mass is 311 g/mol.